The van der Waals surface area contributed by atoms with Gasteiger partial charge in [0, 0.05) is 11.6 Å². The van der Waals surface area contributed by atoms with Gasteiger partial charge in [0.15, 0.2) is 6.61 Å². The topological polar surface area (TPSA) is 72.8 Å². The zero-order chi connectivity index (χ0) is 20.6. The fourth-order valence-electron chi connectivity index (χ4n) is 2.45. The number of hydrogen-bond donors (Lipinski definition) is 1. The van der Waals surface area contributed by atoms with Crippen molar-refractivity contribution in [3.8, 4) is 23.8 Å². The van der Waals surface area contributed by atoms with Gasteiger partial charge in [-0.2, -0.15) is 5.10 Å². The van der Waals surface area contributed by atoms with E-state index in [9.17, 15) is 4.79 Å². The van der Waals surface area contributed by atoms with Gasteiger partial charge >= 0.3 is 0 Å². The summed E-state index contributed by atoms with van der Waals surface area (Å²) in [6, 6.07) is 13.1. The number of hydrogen-bond acceptors (Lipinski definition) is 5. The number of amides is 1. The lowest BCUT2D eigenvalue weighted by molar-refractivity contribution is -0.123. The van der Waals surface area contributed by atoms with E-state index in [4.69, 9.17) is 15.9 Å². The minimum absolute atomic E-state index is 0.166. The molecule has 3 rings (SSSR count). The number of fused-ring (bicyclic) bond motifs is 1. The monoisotopic (exact) mass is 611 g/mol. The molecular formula is C21H15I2N3O3. The van der Waals surface area contributed by atoms with Crippen LogP contribution >= 0.6 is 45.2 Å². The first-order valence-corrected chi connectivity index (χ1v) is 10.6. The molecule has 0 aliphatic heterocycles. The number of para-hydroxylation sites is 1. The van der Waals surface area contributed by atoms with Crippen LogP contribution in [0.25, 0.3) is 10.9 Å². The molecule has 1 heterocycles. The molecule has 29 heavy (non-hydrogen) atoms. The summed E-state index contributed by atoms with van der Waals surface area (Å²) < 4.78 is 12.9. The summed E-state index contributed by atoms with van der Waals surface area (Å²) in [5.41, 5.74) is 4.00. The molecule has 0 atom stereocenters. The number of nitrogens with zero attached hydrogens (tertiary/aromatic N) is 2. The van der Waals surface area contributed by atoms with Crippen molar-refractivity contribution in [3.63, 3.8) is 0 Å². The van der Waals surface area contributed by atoms with Crippen molar-refractivity contribution in [1.82, 2.24) is 10.4 Å². The van der Waals surface area contributed by atoms with Crippen molar-refractivity contribution in [2.75, 3.05) is 13.2 Å². The van der Waals surface area contributed by atoms with Crippen LogP contribution in [0.15, 0.2) is 53.8 Å². The Morgan fingerprint density at radius 3 is 2.72 bits per heavy atom. The molecule has 0 radical (unpaired) electrons. The molecule has 8 heteroatoms. The number of hydrazone groups is 1. The predicted molar refractivity (Wildman–Crippen MR) is 129 cm³/mol. The maximum Gasteiger partial charge on any atom is 0.277 e. The van der Waals surface area contributed by atoms with E-state index in [2.05, 4.69) is 66.6 Å². The van der Waals surface area contributed by atoms with E-state index < -0.39 is 0 Å². The second-order valence-corrected chi connectivity index (χ2v) is 8.04. The van der Waals surface area contributed by atoms with Crippen LogP contribution in [-0.2, 0) is 4.79 Å². The van der Waals surface area contributed by atoms with E-state index in [1.807, 2.05) is 36.4 Å². The highest BCUT2D eigenvalue weighted by molar-refractivity contribution is 14.1. The van der Waals surface area contributed by atoms with Gasteiger partial charge < -0.3 is 9.47 Å². The van der Waals surface area contributed by atoms with Gasteiger partial charge in [0.25, 0.3) is 5.91 Å². The lowest BCUT2D eigenvalue weighted by atomic mass is 10.2. The van der Waals surface area contributed by atoms with Gasteiger partial charge in [-0.3, -0.25) is 9.78 Å². The quantitative estimate of drug-likeness (QED) is 0.190. The third kappa shape index (κ3) is 5.80. The van der Waals surface area contributed by atoms with Crippen LogP contribution in [0.5, 0.6) is 11.5 Å². The normalized spacial score (nSPS) is 10.7. The van der Waals surface area contributed by atoms with Crippen LogP contribution < -0.4 is 14.9 Å². The van der Waals surface area contributed by atoms with Gasteiger partial charge in [-0.15, -0.1) is 6.42 Å². The molecule has 2 aromatic carbocycles. The summed E-state index contributed by atoms with van der Waals surface area (Å²) >= 11 is 4.34. The van der Waals surface area contributed by atoms with Crippen molar-refractivity contribution < 1.29 is 14.3 Å². The van der Waals surface area contributed by atoms with Crippen molar-refractivity contribution in [2.24, 2.45) is 5.10 Å². The van der Waals surface area contributed by atoms with Crippen LogP contribution in [0.1, 0.15) is 5.56 Å². The number of halogens is 2. The first-order chi connectivity index (χ1) is 14.1. The molecule has 0 saturated heterocycles. The van der Waals surface area contributed by atoms with E-state index >= 15 is 0 Å². The lowest BCUT2D eigenvalue weighted by Crippen LogP contribution is -2.24. The Balaban J connectivity index is 1.58. The van der Waals surface area contributed by atoms with Gasteiger partial charge in [0.2, 0.25) is 0 Å². The zero-order valence-corrected chi connectivity index (χ0v) is 19.4. The molecule has 6 nitrogen and oxygen atoms in total. The molecule has 3 aromatic rings. The Morgan fingerprint density at radius 1 is 1.21 bits per heavy atom. The van der Waals surface area contributed by atoms with Crippen molar-refractivity contribution in [3.05, 3.63) is 61.4 Å². The summed E-state index contributed by atoms with van der Waals surface area (Å²) in [5.74, 6) is 3.37. The number of carbonyl (C=O) groups excluding carboxylic acids is 1. The van der Waals surface area contributed by atoms with Crippen LogP contribution in [-0.4, -0.2) is 30.3 Å². The van der Waals surface area contributed by atoms with Gasteiger partial charge in [0.05, 0.1) is 13.4 Å². The molecule has 0 aliphatic rings. The highest BCUT2D eigenvalue weighted by Gasteiger charge is 2.09. The van der Waals surface area contributed by atoms with E-state index in [1.165, 1.54) is 0 Å². The minimum Gasteiger partial charge on any atom is -0.481 e. The SMILES string of the molecule is C#CCOc1c(I)cc(/C=N/NC(=O)COc2cccc3cccnc23)cc1I. The fraction of sp³-hybridized carbons (Fsp3) is 0.0952. The highest BCUT2D eigenvalue weighted by atomic mass is 127. The van der Waals surface area contributed by atoms with E-state index in [0.717, 1.165) is 23.8 Å². The summed E-state index contributed by atoms with van der Waals surface area (Å²) in [6.07, 6.45) is 8.48. The number of pyridine rings is 1. The van der Waals surface area contributed by atoms with Crippen molar-refractivity contribution >= 4 is 68.2 Å². The third-order valence-corrected chi connectivity index (χ3v) is 5.28. The molecule has 0 spiro atoms. The number of carbonyl (C=O) groups is 1. The standard InChI is InChI=1S/C21H15I2N3O3/c1-2-9-28-21-16(22)10-14(11-17(21)23)12-25-26-19(27)13-29-18-7-3-5-15-6-4-8-24-20(15)18/h1,3-8,10-12H,9,13H2,(H,26,27)/b25-12+. The van der Waals surface area contributed by atoms with Gasteiger partial charge in [-0.05, 0) is 75.0 Å². The first kappa shape index (κ1) is 21.3. The lowest BCUT2D eigenvalue weighted by Gasteiger charge is -2.09. The van der Waals surface area contributed by atoms with Crippen molar-refractivity contribution in [1.29, 1.82) is 0 Å². The molecular weight excluding hydrogens is 596 g/mol. The van der Waals surface area contributed by atoms with Gasteiger partial charge in [0.1, 0.15) is 23.6 Å². The average Bonchev–Trinajstić information content (AvgIpc) is 2.71. The largest absolute Gasteiger partial charge is 0.481 e. The molecule has 0 saturated carbocycles. The fourth-order valence-corrected chi connectivity index (χ4v) is 4.58. The molecule has 1 amide bonds. The Morgan fingerprint density at radius 2 is 1.97 bits per heavy atom. The molecule has 0 unspecified atom stereocenters. The molecule has 146 valence electrons. The number of rotatable bonds is 7. The maximum absolute atomic E-state index is 12.0. The molecule has 1 aromatic heterocycles. The Kier molecular flexibility index (Phi) is 7.65. The smallest absolute Gasteiger partial charge is 0.277 e. The average molecular weight is 611 g/mol. The van der Waals surface area contributed by atoms with E-state index in [-0.39, 0.29) is 19.1 Å². The number of aromatic nitrogens is 1. The highest BCUT2D eigenvalue weighted by Crippen LogP contribution is 2.28. The maximum atomic E-state index is 12.0. The second-order valence-electron chi connectivity index (χ2n) is 5.72. The van der Waals surface area contributed by atoms with Crippen LogP contribution in [0, 0.1) is 19.5 Å². The number of nitrogens with one attached hydrogen (secondary N) is 1. The first-order valence-electron chi connectivity index (χ1n) is 8.42. The molecule has 0 bridgehead atoms. The van der Waals surface area contributed by atoms with Crippen LogP contribution in [0.3, 0.4) is 0 Å². The molecule has 1 N–H and O–H groups in total. The van der Waals surface area contributed by atoms with Crippen molar-refractivity contribution in [2.45, 2.75) is 0 Å². The molecule has 0 fully saturated rings. The predicted octanol–water partition coefficient (Wildman–Crippen LogP) is 3.99. The third-order valence-electron chi connectivity index (χ3n) is 3.68. The second kappa shape index (κ2) is 10.4. The Bertz CT molecular complexity index is 1080. The Hall–Kier alpha value is -2.39. The summed E-state index contributed by atoms with van der Waals surface area (Å²) in [4.78, 5) is 16.3. The van der Waals surface area contributed by atoms with Crippen LogP contribution in [0.4, 0.5) is 0 Å². The summed E-state index contributed by atoms with van der Waals surface area (Å²) in [5, 5.41) is 4.94. The minimum atomic E-state index is -0.368. The molecule has 0 aliphatic carbocycles. The number of terminal acetylenes is 1. The Labute approximate surface area is 195 Å². The zero-order valence-electron chi connectivity index (χ0n) is 15.1. The van der Waals surface area contributed by atoms with E-state index in [1.54, 1.807) is 18.5 Å². The van der Waals surface area contributed by atoms with Gasteiger partial charge in [-0.25, -0.2) is 5.43 Å². The summed E-state index contributed by atoms with van der Waals surface area (Å²) in [6.45, 7) is 0.0443. The summed E-state index contributed by atoms with van der Waals surface area (Å²) in [7, 11) is 0. The van der Waals surface area contributed by atoms with E-state index in [0.29, 0.717) is 11.3 Å². The van der Waals surface area contributed by atoms with Gasteiger partial charge in [-0.1, -0.05) is 24.1 Å². The number of ether oxygens (including phenoxy) is 2. The van der Waals surface area contributed by atoms with Crippen LogP contribution in [0.2, 0.25) is 0 Å². The number of benzene rings is 2.